The van der Waals surface area contributed by atoms with Crippen LogP contribution in [0.3, 0.4) is 0 Å². The minimum Gasteiger partial charge on any atom is -0.355 e. The minimum absolute atomic E-state index is 0.178. The third-order valence-corrected chi connectivity index (χ3v) is 8.22. The average molecular weight is 213 g/mol. The first kappa shape index (κ1) is 9.93. The third-order valence-electron chi connectivity index (χ3n) is 3.97. The lowest BCUT2D eigenvalue weighted by molar-refractivity contribution is 0.482. The molecule has 0 atom stereocenters. The molecule has 2 saturated carbocycles. The van der Waals surface area contributed by atoms with Crippen LogP contribution in [0.25, 0.3) is 0 Å². The standard InChI is InChI=1S/C10H23NSi2/c12-11(9-5-1-2-6-9)13-10-7-3-4-8-10/h9-10H,1-8,13H2,12H3. The predicted octanol–water partition coefficient (Wildman–Crippen LogP) is 0.958. The van der Waals surface area contributed by atoms with Crippen molar-refractivity contribution in [3.63, 3.8) is 0 Å². The molecule has 0 unspecified atom stereocenters. The average Bonchev–Trinajstić information content (AvgIpc) is 2.74. The van der Waals surface area contributed by atoms with Crippen molar-refractivity contribution in [3.05, 3.63) is 0 Å². The summed E-state index contributed by atoms with van der Waals surface area (Å²) in [4.78, 5) is 0. The maximum atomic E-state index is 2.92. The summed E-state index contributed by atoms with van der Waals surface area (Å²) in [7, 11) is 1.54. The second kappa shape index (κ2) is 4.76. The van der Waals surface area contributed by atoms with Crippen LogP contribution in [0.2, 0.25) is 5.54 Å². The largest absolute Gasteiger partial charge is 0.355 e. The molecule has 13 heavy (non-hydrogen) atoms. The van der Waals surface area contributed by atoms with Gasteiger partial charge >= 0.3 is 0 Å². The first-order valence-electron chi connectivity index (χ1n) is 6.06. The van der Waals surface area contributed by atoms with Crippen LogP contribution in [0.15, 0.2) is 0 Å². The fourth-order valence-corrected chi connectivity index (χ4v) is 7.58. The first-order chi connectivity index (χ1) is 6.36. The second-order valence-corrected chi connectivity index (χ2v) is 9.96. The van der Waals surface area contributed by atoms with Gasteiger partial charge in [-0.3, -0.25) is 0 Å². The fraction of sp³-hybridized carbons (Fsp3) is 1.00. The summed E-state index contributed by atoms with van der Waals surface area (Å²) in [5.74, 6) is 0. The highest BCUT2D eigenvalue weighted by molar-refractivity contribution is 6.43. The van der Waals surface area contributed by atoms with Crippen LogP contribution in [0.5, 0.6) is 0 Å². The maximum Gasteiger partial charge on any atom is 0.0903 e. The molecule has 76 valence electrons. The molecule has 0 amide bonds. The first-order valence-corrected chi connectivity index (χ1v) is 8.41. The van der Waals surface area contributed by atoms with Gasteiger partial charge in [-0.15, -0.1) is 0 Å². The molecule has 2 fully saturated rings. The van der Waals surface area contributed by atoms with Crippen molar-refractivity contribution in [2.24, 2.45) is 0 Å². The zero-order valence-electron chi connectivity index (χ0n) is 8.97. The Morgan fingerprint density at radius 3 is 2.08 bits per heavy atom. The Balaban J connectivity index is 1.73. The van der Waals surface area contributed by atoms with E-state index in [2.05, 4.69) is 4.23 Å². The van der Waals surface area contributed by atoms with Crippen molar-refractivity contribution in [1.29, 1.82) is 0 Å². The Morgan fingerprint density at radius 1 is 0.923 bits per heavy atom. The maximum absolute atomic E-state index is 2.92. The van der Waals surface area contributed by atoms with Crippen molar-refractivity contribution >= 4 is 20.1 Å². The van der Waals surface area contributed by atoms with Gasteiger partial charge in [-0.2, -0.15) is 0 Å². The summed E-state index contributed by atoms with van der Waals surface area (Å²) in [5.41, 5.74) is 1.21. The van der Waals surface area contributed by atoms with Crippen molar-refractivity contribution in [1.82, 2.24) is 4.23 Å². The van der Waals surface area contributed by atoms with E-state index in [0.717, 1.165) is 6.04 Å². The van der Waals surface area contributed by atoms with E-state index in [-0.39, 0.29) is 9.68 Å². The molecular formula is C10H23NSi2. The number of hydrogen-bond donors (Lipinski definition) is 0. The molecule has 0 heterocycles. The predicted molar refractivity (Wildman–Crippen MR) is 64.8 cm³/mol. The molecule has 0 N–H and O–H groups in total. The minimum atomic E-state index is 0.178. The summed E-state index contributed by atoms with van der Waals surface area (Å²) >= 11 is 0. The molecule has 2 aliphatic rings. The third kappa shape index (κ3) is 2.67. The Kier molecular flexibility index (Phi) is 3.63. The van der Waals surface area contributed by atoms with Crippen molar-refractivity contribution in [2.75, 3.05) is 0 Å². The molecule has 0 aromatic heterocycles. The van der Waals surface area contributed by atoms with Gasteiger partial charge < -0.3 is 4.23 Å². The van der Waals surface area contributed by atoms with E-state index in [4.69, 9.17) is 0 Å². The van der Waals surface area contributed by atoms with Gasteiger partial charge in [0.25, 0.3) is 0 Å². The van der Waals surface area contributed by atoms with E-state index in [1.54, 1.807) is 12.8 Å². The van der Waals surface area contributed by atoms with Crippen LogP contribution in [0.1, 0.15) is 51.4 Å². The van der Waals surface area contributed by atoms with Crippen LogP contribution < -0.4 is 0 Å². The topological polar surface area (TPSA) is 3.24 Å². The summed E-state index contributed by atoms with van der Waals surface area (Å²) in [6.45, 7) is 0. The molecular weight excluding hydrogens is 190 g/mol. The summed E-state index contributed by atoms with van der Waals surface area (Å²) < 4.78 is 2.92. The van der Waals surface area contributed by atoms with Gasteiger partial charge in [0.1, 0.15) is 0 Å². The smallest absolute Gasteiger partial charge is 0.0903 e. The van der Waals surface area contributed by atoms with E-state index >= 15 is 0 Å². The summed E-state index contributed by atoms with van der Waals surface area (Å²) in [6.07, 6.45) is 12.3. The van der Waals surface area contributed by atoms with Gasteiger partial charge in [-0.25, -0.2) is 0 Å². The number of hydrogen-bond acceptors (Lipinski definition) is 1. The molecule has 2 aliphatic carbocycles. The fourth-order valence-electron chi connectivity index (χ4n) is 3.09. The molecule has 0 radical (unpaired) electrons. The van der Waals surface area contributed by atoms with Crippen LogP contribution >= 0.6 is 0 Å². The van der Waals surface area contributed by atoms with Gasteiger partial charge in [0.15, 0.2) is 0 Å². The van der Waals surface area contributed by atoms with Crippen LogP contribution in [0.4, 0.5) is 0 Å². The zero-order chi connectivity index (χ0) is 9.10. The Labute approximate surface area is 87.7 Å². The van der Waals surface area contributed by atoms with Gasteiger partial charge in [0.2, 0.25) is 0 Å². The van der Waals surface area contributed by atoms with Crippen LogP contribution in [-0.2, 0) is 0 Å². The lowest BCUT2D eigenvalue weighted by Gasteiger charge is -2.27. The molecule has 0 spiro atoms. The zero-order valence-corrected chi connectivity index (χ0v) is 12.4. The second-order valence-electron chi connectivity index (χ2n) is 5.03. The van der Waals surface area contributed by atoms with Gasteiger partial charge in [0.05, 0.1) is 20.1 Å². The molecule has 0 aliphatic heterocycles. The Morgan fingerprint density at radius 2 is 1.46 bits per heavy atom. The van der Waals surface area contributed by atoms with Crippen molar-refractivity contribution in [2.45, 2.75) is 62.9 Å². The van der Waals surface area contributed by atoms with Gasteiger partial charge in [-0.05, 0) is 24.4 Å². The molecule has 2 rings (SSSR count). The number of nitrogens with zero attached hydrogens (tertiary/aromatic N) is 1. The van der Waals surface area contributed by atoms with E-state index < -0.39 is 0 Å². The Bertz CT molecular complexity index is 151. The molecule has 0 aromatic rings. The molecule has 0 bridgehead atoms. The SMILES string of the molecule is [SiH3]N([SiH2]C1CCCC1)C1CCCC1. The van der Waals surface area contributed by atoms with Gasteiger partial charge in [-0.1, -0.05) is 38.5 Å². The van der Waals surface area contributed by atoms with E-state index in [0.29, 0.717) is 0 Å². The Hall–Kier alpha value is 0.394. The normalized spacial score (nSPS) is 27.5. The van der Waals surface area contributed by atoms with Gasteiger partial charge in [0, 0.05) is 0 Å². The molecule has 0 aromatic carbocycles. The van der Waals surface area contributed by atoms with E-state index in [1.165, 1.54) is 54.5 Å². The summed E-state index contributed by atoms with van der Waals surface area (Å²) in [5, 5.41) is 0. The summed E-state index contributed by atoms with van der Waals surface area (Å²) in [6, 6.07) is 1.05. The highest BCUT2D eigenvalue weighted by atomic mass is 28.3. The van der Waals surface area contributed by atoms with E-state index in [1.807, 2.05) is 0 Å². The highest BCUT2D eigenvalue weighted by Crippen LogP contribution is 2.31. The molecule has 0 saturated heterocycles. The highest BCUT2D eigenvalue weighted by Gasteiger charge is 2.23. The van der Waals surface area contributed by atoms with Crippen molar-refractivity contribution < 1.29 is 0 Å². The lowest BCUT2D eigenvalue weighted by Crippen LogP contribution is -2.35. The van der Waals surface area contributed by atoms with E-state index in [9.17, 15) is 0 Å². The lowest BCUT2D eigenvalue weighted by atomic mass is 10.3. The van der Waals surface area contributed by atoms with Crippen LogP contribution in [-0.4, -0.2) is 30.4 Å². The number of rotatable bonds is 3. The molecule has 3 heteroatoms. The molecule has 1 nitrogen and oxygen atoms in total. The monoisotopic (exact) mass is 213 g/mol. The van der Waals surface area contributed by atoms with Crippen LogP contribution in [0, 0.1) is 0 Å². The van der Waals surface area contributed by atoms with Crippen molar-refractivity contribution in [3.8, 4) is 0 Å². The quantitative estimate of drug-likeness (QED) is 0.631.